The average Bonchev–Trinajstić information content (AvgIpc) is 2.61. The van der Waals surface area contributed by atoms with Crippen molar-refractivity contribution in [1.82, 2.24) is 0 Å². The number of para-hydroxylation sites is 3. The molecule has 3 rings (SSSR count). The van der Waals surface area contributed by atoms with E-state index in [-0.39, 0.29) is 5.91 Å². The minimum atomic E-state index is -0.572. The SMILES string of the molecule is COc1ccccc1O[C@H](C)C(=O)N1CCCc2ccccc21. The summed E-state index contributed by atoms with van der Waals surface area (Å²) in [6.07, 6.45) is 1.42. The lowest BCUT2D eigenvalue weighted by molar-refractivity contribution is -0.124. The van der Waals surface area contributed by atoms with Crippen LogP contribution in [-0.2, 0) is 11.2 Å². The Morgan fingerprint density at radius 1 is 1.09 bits per heavy atom. The van der Waals surface area contributed by atoms with Crippen LogP contribution < -0.4 is 14.4 Å². The van der Waals surface area contributed by atoms with Crippen LogP contribution in [0.4, 0.5) is 5.69 Å². The summed E-state index contributed by atoms with van der Waals surface area (Å²) < 4.78 is 11.1. The number of benzene rings is 2. The summed E-state index contributed by atoms with van der Waals surface area (Å²) in [5.41, 5.74) is 2.22. The van der Waals surface area contributed by atoms with Crippen molar-refractivity contribution in [3.8, 4) is 11.5 Å². The lowest BCUT2D eigenvalue weighted by Crippen LogP contribution is -2.43. The summed E-state index contributed by atoms with van der Waals surface area (Å²) in [6.45, 7) is 2.52. The first-order chi connectivity index (χ1) is 11.2. The normalized spacial score (nSPS) is 14.8. The van der Waals surface area contributed by atoms with Crippen LogP contribution in [0.15, 0.2) is 48.5 Å². The summed E-state index contributed by atoms with van der Waals surface area (Å²) in [5.74, 6) is 1.19. The van der Waals surface area contributed by atoms with Gasteiger partial charge in [0.05, 0.1) is 7.11 Å². The molecule has 0 saturated heterocycles. The van der Waals surface area contributed by atoms with Crippen molar-refractivity contribution in [2.75, 3.05) is 18.6 Å². The van der Waals surface area contributed by atoms with Crippen molar-refractivity contribution >= 4 is 11.6 Å². The third-order valence-corrected chi connectivity index (χ3v) is 4.10. The Balaban J connectivity index is 1.78. The maximum atomic E-state index is 12.8. The van der Waals surface area contributed by atoms with E-state index >= 15 is 0 Å². The van der Waals surface area contributed by atoms with Gasteiger partial charge >= 0.3 is 0 Å². The first kappa shape index (κ1) is 15.4. The van der Waals surface area contributed by atoms with Gasteiger partial charge in [-0.25, -0.2) is 0 Å². The van der Waals surface area contributed by atoms with Gasteiger partial charge in [0.25, 0.3) is 5.91 Å². The number of aryl methyl sites for hydroxylation is 1. The van der Waals surface area contributed by atoms with Crippen LogP contribution in [0.25, 0.3) is 0 Å². The number of ether oxygens (including phenoxy) is 2. The minimum Gasteiger partial charge on any atom is -0.493 e. The van der Waals surface area contributed by atoms with Gasteiger partial charge < -0.3 is 14.4 Å². The van der Waals surface area contributed by atoms with Gasteiger partial charge in [0.1, 0.15) is 0 Å². The van der Waals surface area contributed by atoms with Crippen molar-refractivity contribution in [3.05, 3.63) is 54.1 Å². The highest BCUT2D eigenvalue weighted by Crippen LogP contribution is 2.30. The number of fused-ring (bicyclic) bond motifs is 1. The van der Waals surface area contributed by atoms with Crippen LogP contribution in [-0.4, -0.2) is 25.7 Å². The molecule has 1 aliphatic rings. The minimum absolute atomic E-state index is 0.0249. The van der Waals surface area contributed by atoms with E-state index in [0.29, 0.717) is 11.5 Å². The fourth-order valence-electron chi connectivity index (χ4n) is 2.94. The van der Waals surface area contributed by atoms with Crippen molar-refractivity contribution < 1.29 is 14.3 Å². The second-order valence-corrected chi connectivity index (χ2v) is 5.63. The van der Waals surface area contributed by atoms with Gasteiger partial charge in [-0.1, -0.05) is 30.3 Å². The molecule has 1 heterocycles. The van der Waals surface area contributed by atoms with E-state index in [9.17, 15) is 4.79 Å². The largest absolute Gasteiger partial charge is 0.493 e. The van der Waals surface area contributed by atoms with Gasteiger partial charge in [0.2, 0.25) is 0 Å². The Hall–Kier alpha value is -2.49. The van der Waals surface area contributed by atoms with Gasteiger partial charge in [-0.2, -0.15) is 0 Å². The standard InChI is InChI=1S/C19H21NO3/c1-14(23-18-12-6-5-11-17(18)22-2)19(21)20-13-7-9-15-8-3-4-10-16(15)20/h3-6,8,10-12,14H,7,9,13H2,1-2H3/t14-/m1/s1. The van der Waals surface area contributed by atoms with Crippen LogP contribution in [0.1, 0.15) is 18.9 Å². The number of anilines is 1. The van der Waals surface area contributed by atoms with Crippen LogP contribution in [0.2, 0.25) is 0 Å². The highest BCUT2D eigenvalue weighted by atomic mass is 16.5. The number of methoxy groups -OCH3 is 1. The molecule has 0 saturated carbocycles. The van der Waals surface area contributed by atoms with Crippen molar-refractivity contribution in [3.63, 3.8) is 0 Å². The van der Waals surface area contributed by atoms with Crippen LogP contribution in [0.3, 0.4) is 0 Å². The number of hydrogen-bond acceptors (Lipinski definition) is 3. The molecule has 2 aromatic carbocycles. The average molecular weight is 311 g/mol. The molecule has 0 fully saturated rings. The monoisotopic (exact) mass is 311 g/mol. The van der Waals surface area contributed by atoms with Crippen LogP contribution in [0.5, 0.6) is 11.5 Å². The fraction of sp³-hybridized carbons (Fsp3) is 0.316. The van der Waals surface area contributed by atoms with Crippen molar-refractivity contribution in [2.45, 2.75) is 25.9 Å². The molecule has 23 heavy (non-hydrogen) atoms. The zero-order valence-electron chi connectivity index (χ0n) is 13.5. The molecule has 0 bridgehead atoms. The zero-order chi connectivity index (χ0) is 16.2. The van der Waals surface area contributed by atoms with Crippen LogP contribution >= 0.6 is 0 Å². The number of carbonyl (C=O) groups excluding carboxylic acids is 1. The smallest absolute Gasteiger partial charge is 0.267 e. The lowest BCUT2D eigenvalue weighted by atomic mass is 10.0. The Morgan fingerprint density at radius 2 is 1.78 bits per heavy atom. The van der Waals surface area contributed by atoms with Crippen LogP contribution in [0, 0.1) is 0 Å². The molecular weight excluding hydrogens is 290 g/mol. The summed E-state index contributed by atoms with van der Waals surface area (Å²) in [6, 6.07) is 15.4. The van der Waals surface area contributed by atoms with E-state index in [1.54, 1.807) is 14.0 Å². The first-order valence-electron chi connectivity index (χ1n) is 7.89. The number of carbonyl (C=O) groups is 1. The molecular formula is C19H21NO3. The number of amides is 1. The number of rotatable bonds is 4. The van der Waals surface area contributed by atoms with E-state index in [1.807, 2.05) is 47.4 Å². The maximum absolute atomic E-state index is 12.8. The Morgan fingerprint density at radius 3 is 2.57 bits per heavy atom. The van der Waals surface area contributed by atoms with Gasteiger partial charge in [0.15, 0.2) is 17.6 Å². The topological polar surface area (TPSA) is 38.8 Å². The quantitative estimate of drug-likeness (QED) is 0.868. The third-order valence-electron chi connectivity index (χ3n) is 4.10. The Labute approximate surface area is 136 Å². The predicted molar refractivity (Wildman–Crippen MR) is 90.2 cm³/mol. The molecule has 0 N–H and O–H groups in total. The molecule has 0 aromatic heterocycles. The Bertz CT molecular complexity index is 699. The molecule has 1 atom stereocenters. The summed E-state index contributed by atoms with van der Waals surface area (Å²) in [7, 11) is 1.59. The molecule has 2 aromatic rings. The van der Waals surface area contributed by atoms with Crippen molar-refractivity contribution in [1.29, 1.82) is 0 Å². The zero-order valence-corrected chi connectivity index (χ0v) is 13.5. The van der Waals surface area contributed by atoms with Gasteiger partial charge in [-0.15, -0.1) is 0 Å². The van der Waals surface area contributed by atoms with E-state index < -0.39 is 6.10 Å². The second-order valence-electron chi connectivity index (χ2n) is 5.63. The molecule has 120 valence electrons. The number of nitrogens with zero attached hydrogens (tertiary/aromatic N) is 1. The molecule has 4 nitrogen and oxygen atoms in total. The molecule has 0 aliphatic carbocycles. The maximum Gasteiger partial charge on any atom is 0.267 e. The molecule has 0 unspecified atom stereocenters. The third kappa shape index (κ3) is 3.16. The number of hydrogen-bond donors (Lipinski definition) is 0. The predicted octanol–water partition coefficient (Wildman–Crippen LogP) is 3.44. The highest BCUT2D eigenvalue weighted by Gasteiger charge is 2.27. The molecule has 1 aliphatic heterocycles. The molecule has 0 radical (unpaired) electrons. The summed E-state index contributed by atoms with van der Waals surface area (Å²) >= 11 is 0. The van der Waals surface area contributed by atoms with E-state index in [4.69, 9.17) is 9.47 Å². The Kier molecular flexibility index (Phi) is 4.51. The summed E-state index contributed by atoms with van der Waals surface area (Å²) in [4.78, 5) is 14.7. The van der Waals surface area contributed by atoms with Crippen molar-refractivity contribution in [2.24, 2.45) is 0 Å². The summed E-state index contributed by atoms with van der Waals surface area (Å²) in [5, 5.41) is 0. The highest BCUT2D eigenvalue weighted by molar-refractivity contribution is 5.97. The first-order valence-corrected chi connectivity index (χ1v) is 7.89. The van der Waals surface area contributed by atoms with E-state index in [2.05, 4.69) is 6.07 Å². The molecule has 1 amide bonds. The second kappa shape index (κ2) is 6.73. The van der Waals surface area contributed by atoms with E-state index in [0.717, 1.165) is 25.1 Å². The lowest BCUT2D eigenvalue weighted by Gasteiger charge is -2.31. The van der Waals surface area contributed by atoms with Gasteiger partial charge in [-0.3, -0.25) is 4.79 Å². The fourth-order valence-corrected chi connectivity index (χ4v) is 2.94. The van der Waals surface area contributed by atoms with Gasteiger partial charge in [0, 0.05) is 12.2 Å². The van der Waals surface area contributed by atoms with Gasteiger partial charge in [-0.05, 0) is 43.5 Å². The molecule has 0 spiro atoms. The van der Waals surface area contributed by atoms with E-state index in [1.165, 1.54) is 5.56 Å². The molecule has 4 heteroatoms.